The number of anilines is 1. The van der Waals surface area contributed by atoms with Gasteiger partial charge >= 0.3 is 0 Å². The summed E-state index contributed by atoms with van der Waals surface area (Å²) >= 11 is 5.81. The van der Waals surface area contributed by atoms with Crippen molar-refractivity contribution in [2.75, 3.05) is 5.32 Å². The first-order valence-electron chi connectivity index (χ1n) is 6.42. The van der Waals surface area contributed by atoms with Crippen LogP contribution in [0.15, 0.2) is 34.9 Å². The van der Waals surface area contributed by atoms with Crippen molar-refractivity contribution < 1.29 is 9.34 Å². The molecule has 0 bridgehead atoms. The van der Waals surface area contributed by atoms with Gasteiger partial charge in [0, 0.05) is 23.7 Å². The number of benzene rings is 1. The van der Waals surface area contributed by atoms with Crippen molar-refractivity contribution in [3.8, 4) is 0 Å². The van der Waals surface area contributed by atoms with Crippen molar-refractivity contribution in [2.45, 2.75) is 25.3 Å². The zero-order valence-electron chi connectivity index (χ0n) is 10.6. The number of nitrogens with zero attached hydrogens (tertiary/aromatic N) is 1. The summed E-state index contributed by atoms with van der Waals surface area (Å²) < 4.78 is 5.44. The van der Waals surface area contributed by atoms with Crippen LogP contribution in [-0.2, 0) is 6.42 Å². The fourth-order valence-corrected chi connectivity index (χ4v) is 2.77. The summed E-state index contributed by atoms with van der Waals surface area (Å²) in [6.45, 7) is 0. The lowest BCUT2D eigenvalue weighted by Crippen LogP contribution is -2.15. The summed E-state index contributed by atoms with van der Waals surface area (Å²) in [6.07, 6.45) is 4.65. The Balaban J connectivity index is 1.86. The highest BCUT2D eigenvalue weighted by Gasteiger charge is 2.23. The van der Waals surface area contributed by atoms with Crippen LogP contribution >= 0.6 is 11.6 Å². The molecule has 0 saturated heterocycles. The Kier molecular flexibility index (Phi) is 3.36. The van der Waals surface area contributed by atoms with Crippen molar-refractivity contribution in [1.82, 2.24) is 0 Å². The predicted molar refractivity (Wildman–Crippen MR) is 76.1 cm³/mol. The normalized spacial score (nSPS) is 17.6. The lowest BCUT2D eigenvalue weighted by Gasteiger charge is -2.23. The largest absolute Gasteiger partial charge is 0.469 e. The van der Waals surface area contributed by atoms with Crippen LogP contribution in [0.2, 0.25) is 5.02 Å². The summed E-state index contributed by atoms with van der Waals surface area (Å²) in [5, 5.41) is 14.4. The number of furan rings is 1. The minimum absolute atomic E-state index is 0.0834. The van der Waals surface area contributed by atoms with Crippen LogP contribution < -0.4 is 5.32 Å². The van der Waals surface area contributed by atoms with E-state index in [-0.39, 0.29) is 16.8 Å². The molecule has 1 aliphatic rings. The number of nitro groups is 1. The molecule has 0 aliphatic heterocycles. The van der Waals surface area contributed by atoms with Crippen LogP contribution in [0.4, 0.5) is 11.4 Å². The maximum Gasteiger partial charge on any atom is 0.289 e. The minimum atomic E-state index is -0.475. The Morgan fingerprint density at radius 2 is 2.25 bits per heavy atom. The van der Waals surface area contributed by atoms with Crippen LogP contribution in [0, 0.1) is 10.1 Å². The predicted octanol–water partition coefficient (Wildman–Crippen LogP) is 4.33. The van der Waals surface area contributed by atoms with Gasteiger partial charge in [-0.2, -0.15) is 0 Å². The van der Waals surface area contributed by atoms with Crippen LogP contribution in [0.25, 0.3) is 0 Å². The van der Waals surface area contributed by atoms with Crippen LogP contribution in [-0.4, -0.2) is 4.92 Å². The van der Waals surface area contributed by atoms with Gasteiger partial charge < -0.3 is 9.73 Å². The molecule has 5 nitrogen and oxygen atoms in total. The zero-order chi connectivity index (χ0) is 14.1. The van der Waals surface area contributed by atoms with Gasteiger partial charge in [0.15, 0.2) is 0 Å². The van der Waals surface area contributed by atoms with Gasteiger partial charge in [-0.05, 0) is 31.0 Å². The summed E-state index contributed by atoms with van der Waals surface area (Å²) in [7, 11) is 0. The highest BCUT2D eigenvalue weighted by molar-refractivity contribution is 6.32. The molecule has 1 aromatic heterocycles. The van der Waals surface area contributed by atoms with Gasteiger partial charge in [0.2, 0.25) is 0 Å². The minimum Gasteiger partial charge on any atom is -0.469 e. The molecule has 104 valence electrons. The number of hydrogen-bond donors (Lipinski definition) is 1. The topological polar surface area (TPSA) is 68.3 Å². The quantitative estimate of drug-likeness (QED) is 0.675. The van der Waals surface area contributed by atoms with Gasteiger partial charge in [0.05, 0.1) is 17.2 Å². The average Bonchev–Trinajstić information content (AvgIpc) is 2.90. The molecule has 1 atom stereocenters. The Morgan fingerprint density at radius 3 is 3.05 bits per heavy atom. The second-order valence-corrected chi connectivity index (χ2v) is 5.22. The third kappa shape index (κ3) is 2.36. The molecule has 0 fully saturated rings. The van der Waals surface area contributed by atoms with E-state index in [0.717, 1.165) is 30.6 Å². The van der Waals surface area contributed by atoms with Crippen LogP contribution in [0.3, 0.4) is 0 Å². The average molecular weight is 293 g/mol. The SMILES string of the molecule is O=[N+]([O-])c1cc(NC2CCCc3occc32)ccc1Cl. The second-order valence-electron chi connectivity index (χ2n) is 4.81. The number of rotatable bonds is 3. The molecule has 3 rings (SSSR count). The third-order valence-electron chi connectivity index (χ3n) is 3.54. The molecule has 6 heteroatoms. The lowest BCUT2D eigenvalue weighted by molar-refractivity contribution is -0.384. The Morgan fingerprint density at radius 1 is 1.40 bits per heavy atom. The van der Waals surface area contributed by atoms with Crippen LogP contribution in [0.1, 0.15) is 30.2 Å². The second kappa shape index (κ2) is 5.17. The van der Waals surface area contributed by atoms with Gasteiger partial charge in [0.1, 0.15) is 10.8 Å². The molecular formula is C14H13ClN2O3. The van der Waals surface area contributed by atoms with E-state index < -0.39 is 4.92 Å². The molecule has 1 unspecified atom stereocenters. The smallest absolute Gasteiger partial charge is 0.289 e. The van der Waals surface area contributed by atoms with Gasteiger partial charge in [-0.3, -0.25) is 10.1 Å². The molecule has 20 heavy (non-hydrogen) atoms. The van der Waals surface area contributed by atoms with E-state index >= 15 is 0 Å². The Bertz CT molecular complexity index is 654. The molecule has 1 heterocycles. The first-order valence-corrected chi connectivity index (χ1v) is 6.79. The molecular weight excluding hydrogens is 280 g/mol. The molecule has 0 amide bonds. The van der Waals surface area contributed by atoms with Crippen LogP contribution in [0.5, 0.6) is 0 Å². The van der Waals surface area contributed by atoms with E-state index in [1.807, 2.05) is 6.07 Å². The number of nitro benzene ring substituents is 1. The number of aryl methyl sites for hydroxylation is 1. The van der Waals surface area contributed by atoms with Crippen molar-refractivity contribution >= 4 is 23.0 Å². The number of hydrogen-bond acceptors (Lipinski definition) is 4. The fraction of sp³-hybridized carbons (Fsp3) is 0.286. The van der Waals surface area contributed by atoms with Crippen molar-refractivity contribution in [3.05, 3.63) is 57.0 Å². The molecule has 1 N–H and O–H groups in total. The molecule has 1 aromatic carbocycles. The maximum atomic E-state index is 10.9. The van der Waals surface area contributed by atoms with E-state index in [9.17, 15) is 10.1 Å². The lowest BCUT2D eigenvalue weighted by atomic mass is 9.93. The highest BCUT2D eigenvalue weighted by atomic mass is 35.5. The summed E-state index contributed by atoms with van der Waals surface area (Å²) in [5.41, 5.74) is 1.74. The number of fused-ring (bicyclic) bond motifs is 1. The highest BCUT2D eigenvalue weighted by Crippen LogP contribution is 2.35. The molecule has 0 saturated carbocycles. The van der Waals surface area contributed by atoms with Gasteiger partial charge in [0.25, 0.3) is 5.69 Å². The first kappa shape index (κ1) is 13.0. The van der Waals surface area contributed by atoms with Crippen molar-refractivity contribution in [1.29, 1.82) is 0 Å². The van der Waals surface area contributed by atoms with E-state index in [0.29, 0.717) is 5.69 Å². The Hall–Kier alpha value is -2.01. The van der Waals surface area contributed by atoms with E-state index in [4.69, 9.17) is 16.0 Å². The third-order valence-corrected chi connectivity index (χ3v) is 3.86. The van der Waals surface area contributed by atoms with Gasteiger partial charge in [-0.15, -0.1) is 0 Å². The summed E-state index contributed by atoms with van der Waals surface area (Å²) in [5.74, 6) is 0.997. The fourth-order valence-electron chi connectivity index (χ4n) is 2.58. The Labute approximate surface area is 120 Å². The van der Waals surface area contributed by atoms with E-state index in [1.165, 1.54) is 6.07 Å². The maximum absolute atomic E-state index is 10.9. The van der Waals surface area contributed by atoms with Crippen molar-refractivity contribution in [3.63, 3.8) is 0 Å². The zero-order valence-corrected chi connectivity index (χ0v) is 11.4. The molecule has 2 aromatic rings. The van der Waals surface area contributed by atoms with Crippen molar-refractivity contribution in [2.24, 2.45) is 0 Å². The monoisotopic (exact) mass is 292 g/mol. The van der Waals surface area contributed by atoms with Gasteiger partial charge in [-0.1, -0.05) is 11.6 Å². The molecule has 1 aliphatic carbocycles. The standard InChI is InChI=1S/C14H13ClN2O3/c15-11-5-4-9(8-13(11)17(18)19)16-12-2-1-3-14-10(12)6-7-20-14/h4-8,12,16H,1-3H2. The molecule has 0 spiro atoms. The van der Waals surface area contributed by atoms with E-state index in [1.54, 1.807) is 18.4 Å². The molecule has 0 radical (unpaired) electrons. The summed E-state index contributed by atoms with van der Waals surface area (Å²) in [4.78, 5) is 10.4. The van der Waals surface area contributed by atoms with Gasteiger partial charge in [-0.25, -0.2) is 0 Å². The van der Waals surface area contributed by atoms with E-state index in [2.05, 4.69) is 5.32 Å². The summed E-state index contributed by atoms with van der Waals surface area (Å²) in [6, 6.07) is 6.84. The number of nitrogens with one attached hydrogen (secondary N) is 1. The first-order chi connectivity index (χ1) is 9.65. The number of halogens is 1.